The number of hydrazone groups is 1. The normalized spacial score (nSPS) is 15.8. The number of halogens is 2. The number of fused-ring (bicyclic) bond motifs is 1. The van der Waals surface area contributed by atoms with Crippen LogP contribution < -0.4 is 4.74 Å². The van der Waals surface area contributed by atoms with Gasteiger partial charge in [-0.2, -0.15) is 5.10 Å². The van der Waals surface area contributed by atoms with Crippen LogP contribution in [-0.4, -0.2) is 49.7 Å². The van der Waals surface area contributed by atoms with Crippen molar-refractivity contribution in [2.75, 3.05) is 6.61 Å². The van der Waals surface area contributed by atoms with Crippen LogP contribution in [0.2, 0.25) is 10.3 Å². The molecule has 206 valence electrons. The second kappa shape index (κ2) is 12.2. The number of carbonyl (C=O) groups is 1. The highest BCUT2D eigenvalue weighted by molar-refractivity contribution is 6.30. The maximum Gasteiger partial charge on any atom is 0.303 e. The number of aromatic nitrogens is 2. The van der Waals surface area contributed by atoms with E-state index >= 15 is 0 Å². The number of carboxylic acids is 1. The standard InChI is InChI=1S/C30H28Cl2N4O4/c1-2-40-22-12-10-20-14-23(30(32)34-24(20)15-22)26-16-25(35-36(26)28(37)4-3-5-29(38)39)19-8-6-18(7-9-19)21-11-13-27(31)33-17-21/h6-15,17,26,28,37H,2-5,16H2,1H3,(H,38,39). The van der Waals surface area contributed by atoms with Gasteiger partial charge in [0.15, 0.2) is 0 Å². The highest BCUT2D eigenvalue weighted by Crippen LogP contribution is 2.39. The fourth-order valence-electron chi connectivity index (χ4n) is 4.83. The number of aliphatic carboxylic acids is 1. The van der Waals surface area contributed by atoms with E-state index in [1.165, 1.54) is 0 Å². The molecule has 0 amide bonds. The third-order valence-corrected chi connectivity index (χ3v) is 7.35. The van der Waals surface area contributed by atoms with E-state index in [-0.39, 0.29) is 18.9 Å². The molecule has 0 spiro atoms. The molecule has 0 saturated carbocycles. The molecule has 0 saturated heterocycles. The Labute approximate surface area is 241 Å². The van der Waals surface area contributed by atoms with Crippen molar-refractivity contribution in [2.24, 2.45) is 5.10 Å². The number of hydrogen-bond donors (Lipinski definition) is 2. The van der Waals surface area contributed by atoms with Crippen LogP contribution in [0.3, 0.4) is 0 Å². The molecule has 40 heavy (non-hydrogen) atoms. The van der Waals surface area contributed by atoms with E-state index in [0.717, 1.165) is 33.4 Å². The Morgan fingerprint density at radius 1 is 1.07 bits per heavy atom. The fourth-order valence-corrected chi connectivity index (χ4v) is 5.21. The summed E-state index contributed by atoms with van der Waals surface area (Å²) in [7, 11) is 0. The number of nitrogens with zero attached hydrogens (tertiary/aromatic N) is 4. The van der Waals surface area contributed by atoms with Crippen molar-refractivity contribution in [3.63, 3.8) is 0 Å². The Morgan fingerprint density at radius 3 is 2.52 bits per heavy atom. The molecule has 0 aliphatic carbocycles. The number of hydrogen-bond acceptors (Lipinski definition) is 7. The second-order valence-electron chi connectivity index (χ2n) is 9.52. The first-order valence-corrected chi connectivity index (χ1v) is 13.8. The fraction of sp³-hybridized carbons (Fsp3) is 0.267. The van der Waals surface area contributed by atoms with Crippen molar-refractivity contribution < 1.29 is 19.7 Å². The molecule has 2 aromatic heterocycles. The molecule has 0 fully saturated rings. The molecule has 5 rings (SSSR count). The summed E-state index contributed by atoms with van der Waals surface area (Å²) in [5.74, 6) is -0.190. The minimum atomic E-state index is -0.992. The molecular weight excluding hydrogens is 551 g/mol. The number of benzene rings is 2. The van der Waals surface area contributed by atoms with Gasteiger partial charge in [0.1, 0.15) is 22.3 Å². The number of aliphatic hydroxyl groups excluding tert-OH is 1. The molecule has 2 N–H and O–H groups in total. The lowest BCUT2D eigenvalue weighted by Crippen LogP contribution is -2.31. The average molecular weight is 579 g/mol. The Bertz CT molecular complexity index is 1540. The first-order valence-electron chi connectivity index (χ1n) is 13.0. The van der Waals surface area contributed by atoms with E-state index in [1.54, 1.807) is 17.3 Å². The van der Waals surface area contributed by atoms with Gasteiger partial charge < -0.3 is 14.9 Å². The summed E-state index contributed by atoms with van der Waals surface area (Å²) in [5.41, 5.74) is 5.06. The zero-order valence-electron chi connectivity index (χ0n) is 21.8. The Balaban J connectivity index is 1.45. The van der Waals surface area contributed by atoms with Gasteiger partial charge >= 0.3 is 5.97 Å². The molecule has 2 aromatic carbocycles. The molecule has 3 heterocycles. The lowest BCUT2D eigenvalue weighted by molar-refractivity contribution is -0.137. The number of pyridine rings is 2. The van der Waals surface area contributed by atoms with E-state index < -0.39 is 12.2 Å². The lowest BCUT2D eigenvalue weighted by Gasteiger charge is -2.29. The minimum absolute atomic E-state index is 0.0341. The van der Waals surface area contributed by atoms with Gasteiger partial charge in [-0.25, -0.2) is 9.97 Å². The molecule has 2 atom stereocenters. The highest BCUT2D eigenvalue weighted by Gasteiger charge is 2.34. The van der Waals surface area contributed by atoms with Crippen LogP contribution in [0, 0.1) is 0 Å². The van der Waals surface area contributed by atoms with Gasteiger partial charge in [-0.15, -0.1) is 0 Å². The minimum Gasteiger partial charge on any atom is -0.494 e. The third kappa shape index (κ3) is 6.20. The van der Waals surface area contributed by atoms with Crippen LogP contribution in [0.4, 0.5) is 0 Å². The maximum absolute atomic E-state index is 11.1. The van der Waals surface area contributed by atoms with Crippen LogP contribution in [0.15, 0.2) is 72.0 Å². The van der Waals surface area contributed by atoms with Gasteiger partial charge in [-0.3, -0.25) is 9.80 Å². The quantitative estimate of drug-likeness (QED) is 0.201. The topological polar surface area (TPSA) is 108 Å². The van der Waals surface area contributed by atoms with Crippen molar-refractivity contribution in [2.45, 2.75) is 44.9 Å². The summed E-state index contributed by atoms with van der Waals surface area (Å²) in [6.07, 6.45) is 1.75. The highest BCUT2D eigenvalue weighted by atomic mass is 35.5. The smallest absolute Gasteiger partial charge is 0.303 e. The van der Waals surface area contributed by atoms with Gasteiger partial charge in [0.2, 0.25) is 0 Å². The first kappa shape index (κ1) is 27.8. The molecular formula is C30H28Cl2N4O4. The van der Waals surface area contributed by atoms with Gasteiger partial charge in [-0.05, 0) is 61.2 Å². The van der Waals surface area contributed by atoms with Crippen molar-refractivity contribution in [3.05, 3.63) is 88.3 Å². The van der Waals surface area contributed by atoms with Crippen LogP contribution in [0.25, 0.3) is 22.0 Å². The van der Waals surface area contributed by atoms with Crippen molar-refractivity contribution >= 4 is 45.8 Å². The molecule has 1 aliphatic heterocycles. The Kier molecular flexibility index (Phi) is 8.49. The Hall–Kier alpha value is -3.72. The van der Waals surface area contributed by atoms with Crippen molar-refractivity contribution in [1.82, 2.24) is 15.0 Å². The van der Waals surface area contributed by atoms with Gasteiger partial charge in [-0.1, -0.05) is 47.5 Å². The number of aliphatic hydroxyl groups is 1. The largest absolute Gasteiger partial charge is 0.494 e. The lowest BCUT2D eigenvalue weighted by atomic mass is 9.97. The summed E-state index contributed by atoms with van der Waals surface area (Å²) in [4.78, 5) is 19.8. The van der Waals surface area contributed by atoms with Gasteiger partial charge in [0.25, 0.3) is 0 Å². The van der Waals surface area contributed by atoms with E-state index in [9.17, 15) is 9.90 Å². The zero-order chi connectivity index (χ0) is 28.2. The zero-order valence-corrected chi connectivity index (χ0v) is 23.3. The van der Waals surface area contributed by atoms with Crippen LogP contribution >= 0.6 is 23.2 Å². The summed E-state index contributed by atoms with van der Waals surface area (Å²) >= 11 is 12.6. The predicted octanol–water partition coefficient (Wildman–Crippen LogP) is 6.73. The summed E-state index contributed by atoms with van der Waals surface area (Å²) in [6.45, 7) is 2.47. The summed E-state index contributed by atoms with van der Waals surface area (Å²) in [5, 5.41) is 28.2. The number of carboxylic acid groups (broad SMARTS) is 1. The van der Waals surface area contributed by atoms with Crippen LogP contribution in [-0.2, 0) is 4.79 Å². The summed E-state index contributed by atoms with van der Waals surface area (Å²) in [6, 6.07) is 18.9. The van der Waals surface area contributed by atoms with Crippen molar-refractivity contribution in [1.29, 1.82) is 0 Å². The van der Waals surface area contributed by atoms with Crippen LogP contribution in [0.1, 0.15) is 49.8 Å². The number of ether oxygens (including phenoxy) is 1. The van der Waals surface area contributed by atoms with Crippen molar-refractivity contribution in [3.8, 4) is 16.9 Å². The Morgan fingerprint density at radius 2 is 1.82 bits per heavy atom. The third-order valence-electron chi connectivity index (χ3n) is 6.82. The molecule has 0 bridgehead atoms. The molecule has 0 radical (unpaired) electrons. The first-order chi connectivity index (χ1) is 19.3. The van der Waals surface area contributed by atoms with Crippen LogP contribution in [0.5, 0.6) is 5.75 Å². The number of rotatable bonds is 10. The SMILES string of the molecule is CCOc1ccc2cc(C3CC(c4ccc(-c5ccc(Cl)nc5)cc4)=NN3C(O)CCCC(=O)O)c(Cl)nc2c1. The average Bonchev–Trinajstić information content (AvgIpc) is 3.38. The van der Waals surface area contributed by atoms with E-state index in [1.807, 2.05) is 61.5 Å². The monoisotopic (exact) mass is 578 g/mol. The molecule has 10 heteroatoms. The van der Waals surface area contributed by atoms with Gasteiger partial charge in [0, 0.05) is 41.6 Å². The molecule has 4 aromatic rings. The molecule has 2 unspecified atom stereocenters. The van der Waals surface area contributed by atoms with E-state index in [4.69, 9.17) is 38.1 Å². The molecule has 8 nitrogen and oxygen atoms in total. The maximum atomic E-state index is 11.1. The van der Waals surface area contributed by atoms with Gasteiger partial charge in [0.05, 0.1) is 23.9 Å². The van der Waals surface area contributed by atoms with E-state index in [0.29, 0.717) is 41.0 Å². The second-order valence-corrected chi connectivity index (χ2v) is 10.3. The molecule has 1 aliphatic rings. The van der Waals surface area contributed by atoms with E-state index in [2.05, 4.69) is 9.97 Å². The predicted molar refractivity (Wildman–Crippen MR) is 156 cm³/mol. The summed E-state index contributed by atoms with van der Waals surface area (Å²) < 4.78 is 5.60.